The van der Waals surface area contributed by atoms with Gasteiger partial charge in [-0.1, -0.05) is 6.07 Å². The summed E-state index contributed by atoms with van der Waals surface area (Å²) in [6, 6.07) is 3.97. The van der Waals surface area contributed by atoms with E-state index < -0.39 is 0 Å². The molecule has 0 aromatic carbocycles. The predicted octanol–water partition coefficient (Wildman–Crippen LogP) is 2.26. The van der Waals surface area contributed by atoms with E-state index >= 15 is 0 Å². The molecule has 0 saturated carbocycles. The molecule has 0 aliphatic carbocycles. The standard InChI is InChI=1S/C7H6O2S/c1-2-6(10-5-1)7-8-3-4-9-7/h1-5,7H. The van der Waals surface area contributed by atoms with E-state index in [1.807, 2.05) is 17.5 Å². The molecule has 2 rings (SSSR count). The first-order valence-electron chi connectivity index (χ1n) is 2.96. The second-order valence-corrected chi connectivity index (χ2v) is 2.87. The minimum Gasteiger partial charge on any atom is -0.454 e. The summed E-state index contributed by atoms with van der Waals surface area (Å²) in [4.78, 5) is 1.10. The third-order valence-electron chi connectivity index (χ3n) is 1.24. The zero-order chi connectivity index (χ0) is 6.81. The molecule has 0 amide bonds. The van der Waals surface area contributed by atoms with Gasteiger partial charge in [0.1, 0.15) is 12.5 Å². The maximum Gasteiger partial charge on any atom is 0.275 e. The average molecular weight is 154 g/mol. The van der Waals surface area contributed by atoms with E-state index in [4.69, 9.17) is 9.47 Å². The highest BCUT2D eigenvalue weighted by molar-refractivity contribution is 7.10. The third kappa shape index (κ3) is 0.885. The fourth-order valence-corrected chi connectivity index (χ4v) is 1.49. The van der Waals surface area contributed by atoms with Gasteiger partial charge in [-0.15, -0.1) is 11.3 Å². The molecule has 0 saturated heterocycles. The highest BCUT2D eigenvalue weighted by Gasteiger charge is 2.15. The zero-order valence-electron chi connectivity index (χ0n) is 5.19. The molecule has 0 N–H and O–H groups in total. The largest absolute Gasteiger partial charge is 0.454 e. The van der Waals surface area contributed by atoms with Crippen LogP contribution >= 0.6 is 11.3 Å². The molecular formula is C7H6O2S. The lowest BCUT2D eigenvalue weighted by atomic mass is 10.5. The van der Waals surface area contributed by atoms with Crippen molar-refractivity contribution >= 4 is 11.3 Å². The average Bonchev–Trinajstić information content (AvgIpc) is 2.59. The maximum absolute atomic E-state index is 5.10. The minimum atomic E-state index is -0.194. The Labute approximate surface area is 62.7 Å². The summed E-state index contributed by atoms with van der Waals surface area (Å²) in [5.41, 5.74) is 0. The number of hydrogen-bond acceptors (Lipinski definition) is 3. The Kier molecular flexibility index (Phi) is 1.36. The van der Waals surface area contributed by atoms with Gasteiger partial charge in [-0.3, -0.25) is 0 Å². The second-order valence-electron chi connectivity index (χ2n) is 1.89. The van der Waals surface area contributed by atoms with E-state index in [1.54, 1.807) is 23.9 Å². The third-order valence-corrected chi connectivity index (χ3v) is 2.13. The summed E-state index contributed by atoms with van der Waals surface area (Å²) >= 11 is 1.63. The van der Waals surface area contributed by atoms with Crippen LogP contribution in [0.25, 0.3) is 0 Å². The first-order valence-corrected chi connectivity index (χ1v) is 3.84. The van der Waals surface area contributed by atoms with Crippen molar-refractivity contribution in [2.75, 3.05) is 0 Å². The Hall–Kier alpha value is -0.960. The first-order chi connectivity index (χ1) is 4.97. The van der Waals surface area contributed by atoms with Crippen LogP contribution in [0.1, 0.15) is 11.2 Å². The molecule has 1 aromatic rings. The summed E-state index contributed by atoms with van der Waals surface area (Å²) in [7, 11) is 0. The van der Waals surface area contributed by atoms with Crippen LogP contribution in [0.2, 0.25) is 0 Å². The van der Waals surface area contributed by atoms with E-state index in [1.165, 1.54) is 0 Å². The zero-order valence-corrected chi connectivity index (χ0v) is 6.01. The monoisotopic (exact) mass is 154 g/mol. The van der Waals surface area contributed by atoms with Crippen molar-refractivity contribution in [2.24, 2.45) is 0 Å². The topological polar surface area (TPSA) is 18.5 Å². The fraction of sp³-hybridized carbons (Fsp3) is 0.143. The molecule has 0 spiro atoms. The molecule has 2 heterocycles. The summed E-state index contributed by atoms with van der Waals surface area (Å²) in [6.45, 7) is 0. The molecular weight excluding hydrogens is 148 g/mol. The van der Waals surface area contributed by atoms with Gasteiger partial charge in [-0.25, -0.2) is 0 Å². The van der Waals surface area contributed by atoms with Crippen molar-refractivity contribution in [3.05, 3.63) is 34.9 Å². The highest BCUT2D eigenvalue weighted by atomic mass is 32.1. The summed E-state index contributed by atoms with van der Waals surface area (Å²) in [5.74, 6) is 0. The van der Waals surface area contributed by atoms with E-state index in [0.29, 0.717) is 0 Å². The van der Waals surface area contributed by atoms with E-state index in [9.17, 15) is 0 Å². The van der Waals surface area contributed by atoms with Crippen LogP contribution in [-0.4, -0.2) is 0 Å². The van der Waals surface area contributed by atoms with Gasteiger partial charge < -0.3 is 9.47 Å². The SMILES string of the molecule is C1=COC(c2cccs2)O1. The van der Waals surface area contributed by atoms with E-state index in [-0.39, 0.29) is 6.29 Å². The lowest BCUT2D eigenvalue weighted by Gasteiger charge is -2.05. The van der Waals surface area contributed by atoms with Crippen molar-refractivity contribution in [3.8, 4) is 0 Å². The van der Waals surface area contributed by atoms with Crippen molar-refractivity contribution in [1.82, 2.24) is 0 Å². The fourth-order valence-electron chi connectivity index (χ4n) is 0.798. The molecule has 1 aliphatic rings. The van der Waals surface area contributed by atoms with Gasteiger partial charge in [0.2, 0.25) is 0 Å². The van der Waals surface area contributed by atoms with Gasteiger partial charge in [-0.05, 0) is 11.4 Å². The van der Waals surface area contributed by atoms with E-state index in [2.05, 4.69) is 0 Å². The minimum absolute atomic E-state index is 0.194. The summed E-state index contributed by atoms with van der Waals surface area (Å²) < 4.78 is 10.2. The smallest absolute Gasteiger partial charge is 0.275 e. The lowest BCUT2D eigenvalue weighted by molar-refractivity contribution is -0.0216. The van der Waals surface area contributed by atoms with Crippen LogP contribution in [0.15, 0.2) is 30.0 Å². The molecule has 10 heavy (non-hydrogen) atoms. The second kappa shape index (κ2) is 2.34. The molecule has 0 radical (unpaired) electrons. The van der Waals surface area contributed by atoms with Crippen LogP contribution in [0, 0.1) is 0 Å². The highest BCUT2D eigenvalue weighted by Crippen LogP contribution is 2.27. The van der Waals surface area contributed by atoms with Crippen LogP contribution in [0.3, 0.4) is 0 Å². The van der Waals surface area contributed by atoms with Crippen LogP contribution in [-0.2, 0) is 9.47 Å². The number of rotatable bonds is 1. The number of hydrogen-bond donors (Lipinski definition) is 0. The Morgan fingerprint density at radius 2 is 2.10 bits per heavy atom. The first kappa shape index (κ1) is 5.80. The lowest BCUT2D eigenvalue weighted by Crippen LogP contribution is -1.92. The molecule has 52 valence electrons. The van der Waals surface area contributed by atoms with Gasteiger partial charge in [-0.2, -0.15) is 0 Å². The Bertz CT molecular complexity index is 220. The van der Waals surface area contributed by atoms with Crippen molar-refractivity contribution in [3.63, 3.8) is 0 Å². The summed E-state index contributed by atoms with van der Waals surface area (Å²) in [5, 5.41) is 2.00. The summed E-state index contributed by atoms with van der Waals surface area (Å²) in [6.07, 6.45) is 2.93. The van der Waals surface area contributed by atoms with Gasteiger partial charge in [0, 0.05) is 0 Å². The van der Waals surface area contributed by atoms with Gasteiger partial charge >= 0.3 is 0 Å². The quantitative estimate of drug-likeness (QED) is 0.617. The van der Waals surface area contributed by atoms with Crippen LogP contribution in [0.4, 0.5) is 0 Å². The molecule has 0 bridgehead atoms. The number of thiophene rings is 1. The molecule has 1 aromatic heterocycles. The number of ether oxygens (including phenoxy) is 2. The molecule has 0 atom stereocenters. The Balaban J connectivity index is 2.14. The molecule has 0 fully saturated rings. The van der Waals surface area contributed by atoms with Crippen molar-refractivity contribution in [2.45, 2.75) is 6.29 Å². The predicted molar refractivity (Wildman–Crippen MR) is 38.4 cm³/mol. The van der Waals surface area contributed by atoms with E-state index in [0.717, 1.165) is 4.88 Å². The molecule has 2 nitrogen and oxygen atoms in total. The molecule has 3 heteroatoms. The van der Waals surface area contributed by atoms with Gasteiger partial charge in [0.15, 0.2) is 0 Å². The van der Waals surface area contributed by atoms with Crippen LogP contribution in [0.5, 0.6) is 0 Å². The van der Waals surface area contributed by atoms with Gasteiger partial charge in [0.25, 0.3) is 6.29 Å². The van der Waals surface area contributed by atoms with Gasteiger partial charge in [0.05, 0.1) is 4.88 Å². The van der Waals surface area contributed by atoms with Crippen molar-refractivity contribution in [1.29, 1.82) is 0 Å². The van der Waals surface area contributed by atoms with Crippen LogP contribution < -0.4 is 0 Å². The normalized spacial score (nSPS) is 16.8. The maximum atomic E-state index is 5.10. The molecule has 1 aliphatic heterocycles. The van der Waals surface area contributed by atoms with Crippen molar-refractivity contribution < 1.29 is 9.47 Å². The Morgan fingerprint density at radius 3 is 2.70 bits per heavy atom. The Morgan fingerprint density at radius 1 is 1.30 bits per heavy atom. The molecule has 0 unspecified atom stereocenters.